The normalized spacial score (nSPS) is 10.5. The van der Waals surface area contributed by atoms with Crippen LogP contribution in [0.2, 0.25) is 0 Å². The van der Waals surface area contributed by atoms with Crippen LogP contribution >= 0.6 is 0 Å². The maximum atomic E-state index is 11.6. The maximum absolute atomic E-state index is 11.6. The number of carbonyl (C=O) groups excluding carboxylic acids is 2. The van der Waals surface area contributed by atoms with Crippen molar-refractivity contribution in [2.24, 2.45) is 0 Å². The topological polar surface area (TPSA) is 86.0 Å². The lowest BCUT2D eigenvalue weighted by Gasteiger charge is -2.06. The van der Waals surface area contributed by atoms with E-state index in [4.69, 9.17) is 0 Å². The van der Waals surface area contributed by atoms with Crippen molar-refractivity contribution < 1.29 is 9.59 Å². The molecular weight excluding hydrogens is 268 g/mol. The zero-order valence-corrected chi connectivity index (χ0v) is 12.0. The van der Waals surface area contributed by atoms with Gasteiger partial charge in [-0.3, -0.25) is 14.9 Å². The van der Waals surface area contributed by atoms with Crippen molar-refractivity contribution in [1.29, 1.82) is 0 Å². The number of hydrogen-bond acceptors (Lipinski definition) is 3. The van der Waals surface area contributed by atoms with E-state index in [0.717, 1.165) is 11.9 Å². The number of aromatic nitrogens is 1. The average Bonchev–Trinajstić information content (AvgIpc) is 2.90. The molecule has 2 amide bonds. The van der Waals surface area contributed by atoms with Crippen molar-refractivity contribution in [1.82, 2.24) is 20.9 Å². The molecule has 1 aromatic carbocycles. The first-order valence-corrected chi connectivity index (χ1v) is 6.93. The number of fused-ring (bicyclic) bond motifs is 1. The zero-order valence-electron chi connectivity index (χ0n) is 12.0. The molecule has 0 unspecified atom stereocenters. The lowest BCUT2D eigenvalue weighted by Crippen LogP contribution is -2.39. The molecule has 0 bridgehead atoms. The van der Waals surface area contributed by atoms with Gasteiger partial charge in [0.1, 0.15) is 0 Å². The Labute approximate surface area is 123 Å². The highest BCUT2D eigenvalue weighted by Gasteiger charge is 2.05. The molecule has 0 saturated carbocycles. The highest BCUT2D eigenvalue weighted by Crippen LogP contribution is 2.17. The highest BCUT2D eigenvalue weighted by atomic mass is 16.2. The number of hydrogen-bond donors (Lipinski definition) is 4. The van der Waals surface area contributed by atoms with Crippen LogP contribution in [0.25, 0.3) is 10.9 Å². The molecule has 2 aromatic rings. The Bertz CT molecular complexity index is 621. The molecular formula is C15H20N4O2. The van der Waals surface area contributed by atoms with Crippen molar-refractivity contribution in [3.05, 3.63) is 36.0 Å². The Kier molecular flexibility index (Phi) is 5.34. The average molecular weight is 288 g/mol. The Morgan fingerprint density at radius 1 is 1.14 bits per heavy atom. The second-order valence-corrected chi connectivity index (χ2v) is 4.74. The van der Waals surface area contributed by atoms with Crippen LogP contribution in [0.4, 0.5) is 0 Å². The fourth-order valence-corrected chi connectivity index (χ4v) is 2.12. The second kappa shape index (κ2) is 7.44. The fraction of sp³-hybridized carbons (Fsp3) is 0.333. The van der Waals surface area contributed by atoms with Gasteiger partial charge in [-0.25, -0.2) is 0 Å². The van der Waals surface area contributed by atoms with E-state index in [2.05, 4.69) is 27.0 Å². The maximum Gasteiger partial charge on any atom is 0.233 e. The van der Waals surface area contributed by atoms with Gasteiger partial charge in [0.25, 0.3) is 0 Å². The van der Waals surface area contributed by atoms with Gasteiger partial charge < -0.3 is 15.6 Å². The summed E-state index contributed by atoms with van der Waals surface area (Å²) in [4.78, 5) is 25.8. The molecule has 6 heteroatoms. The Morgan fingerprint density at radius 3 is 2.71 bits per heavy atom. The minimum absolute atomic E-state index is 0.112. The van der Waals surface area contributed by atoms with E-state index in [9.17, 15) is 9.59 Å². The largest absolute Gasteiger partial charge is 0.361 e. The van der Waals surface area contributed by atoms with Crippen LogP contribution in [-0.2, 0) is 16.0 Å². The van der Waals surface area contributed by atoms with Crippen molar-refractivity contribution in [3.8, 4) is 0 Å². The van der Waals surface area contributed by atoms with Gasteiger partial charge in [0.15, 0.2) is 0 Å². The van der Waals surface area contributed by atoms with Crippen LogP contribution in [0.15, 0.2) is 30.5 Å². The molecule has 112 valence electrons. The first kappa shape index (κ1) is 15.1. The molecule has 0 aliphatic rings. The number of benzene rings is 1. The summed E-state index contributed by atoms with van der Waals surface area (Å²) in [7, 11) is 1.56. The quantitative estimate of drug-likeness (QED) is 0.585. The number of H-pyrrole nitrogens is 1. The number of likely N-dealkylation sites (N-methyl/N-ethyl adjacent to an activating group) is 1. The van der Waals surface area contributed by atoms with Gasteiger partial charge in [-0.1, -0.05) is 18.2 Å². The Balaban J connectivity index is 1.72. The van der Waals surface area contributed by atoms with Gasteiger partial charge in [-0.15, -0.1) is 0 Å². The number of carbonyl (C=O) groups is 2. The van der Waals surface area contributed by atoms with Gasteiger partial charge in [0, 0.05) is 30.7 Å². The fourth-order valence-electron chi connectivity index (χ4n) is 2.12. The summed E-state index contributed by atoms with van der Waals surface area (Å²) in [5.74, 6) is -0.250. The first-order chi connectivity index (χ1) is 10.2. The Hall–Kier alpha value is -2.34. The summed E-state index contributed by atoms with van der Waals surface area (Å²) in [6.07, 6.45) is 2.74. The standard InChI is InChI=1S/C15H20N4O2/c1-16-14(20)9-17-10-15(21)18-7-6-11-8-19-13-5-3-2-4-12(11)13/h2-5,8,17,19H,6-7,9-10H2,1H3,(H,16,20)(H,18,21). The number of nitrogens with one attached hydrogen (secondary N) is 4. The van der Waals surface area contributed by atoms with Gasteiger partial charge in [-0.2, -0.15) is 0 Å². The smallest absolute Gasteiger partial charge is 0.233 e. The van der Waals surface area contributed by atoms with Gasteiger partial charge >= 0.3 is 0 Å². The third kappa shape index (κ3) is 4.32. The molecule has 4 N–H and O–H groups in total. The molecule has 21 heavy (non-hydrogen) atoms. The van der Waals surface area contributed by atoms with Crippen LogP contribution in [0.3, 0.4) is 0 Å². The third-order valence-corrected chi connectivity index (χ3v) is 3.24. The van der Waals surface area contributed by atoms with E-state index in [1.165, 1.54) is 10.9 Å². The lowest BCUT2D eigenvalue weighted by atomic mass is 10.1. The Morgan fingerprint density at radius 2 is 1.90 bits per heavy atom. The molecule has 0 radical (unpaired) electrons. The monoisotopic (exact) mass is 288 g/mol. The van der Waals surface area contributed by atoms with Crippen molar-refractivity contribution in [2.45, 2.75) is 6.42 Å². The van der Waals surface area contributed by atoms with E-state index in [0.29, 0.717) is 6.54 Å². The summed E-state index contributed by atoms with van der Waals surface area (Å²) in [6, 6.07) is 8.08. The van der Waals surface area contributed by atoms with Crippen molar-refractivity contribution >= 4 is 22.7 Å². The van der Waals surface area contributed by atoms with E-state index >= 15 is 0 Å². The second-order valence-electron chi connectivity index (χ2n) is 4.74. The molecule has 0 saturated heterocycles. The van der Waals surface area contributed by atoms with Crippen LogP contribution < -0.4 is 16.0 Å². The molecule has 1 heterocycles. The molecule has 0 fully saturated rings. The number of aromatic amines is 1. The third-order valence-electron chi connectivity index (χ3n) is 3.24. The van der Waals surface area contributed by atoms with Crippen molar-refractivity contribution in [2.75, 3.05) is 26.7 Å². The van der Waals surface area contributed by atoms with E-state index in [1.807, 2.05) is 24.4 Å². The zero-order chi connectivity index (χ0) is 15.1. The van der Waals surface area contributed by atoms with Crippen LogP contribution in [0, 0.1) is 0 Å². The van der Waals surface area contributed by atoms with Crippen LogP contribution in [0.1, 0.15) is 5.56 Å². The summed E-state index contributed by atoms with van der Waals surface area (Å²) in [5, 5.41) is 9.27. The molecule has 0 aliphatic carbocycles. The minimum Gasteiger partial charge on any atom is -0.361 e. The van der Waals surface area contributed by atoms with E-state index in [1.54, 1.807) is 7.05 Å². The highest BCUT2D eigenvalue weighted by molar-refractivity contribution is 5.83. The number of amides is 2. The first-order valence-electron chi connectivity index (χ1n) is 6.93. The van der Waals surface area contributed by atoms with Crippen molar-refractivity contribution in [3.63, 3.8) is 0 Å². The molecule has 0 atom stereocenters. The summed E-state index contributed by atoms with van der Waals surface area (Å²) in [5.41, 5.74) is 2.29. The summed E-state index contributed by atoms with van der Waals surface area (Å²) >= 11 is 0. The molecule has 0 spiro atoms. The molecule has 6 nitrogen and oxygen atoms in total. The molecule has 2 rings (SSSR count). The predicted octanol–water partition coefficient (Wildman–Crippen LogP) is 0.162. The molecule has 1 aromatic heterocycles. The van der Waals surface area contributed by atoms with E-state index in [-0.39, 0.29) is 24.9 Å². The van der Waals surface area contributed by atoms with Gasteiger partial charge in [0.05, 0.1) is 13.1 Å². The van der Waals surface area contributed by atoms with Crippen LogP contribution in [-0.4, -0.2) is 43.5 Å². The van der Waals surface area contributed by atoms with Gasteiger partial charge in [-0.05, 0) is 18.1 Å². The van der Waals surface area contributed by atoms with Crippen LogP contribution in [0.5, 0.6) is 0 Å². The number of rotatable bonds is 7. The minimum atomic E-state index is -0.137. The summed E-state index contributed by atoms with van der Waals surface area (Å²) < 4.78 is 0. The predicted molar refractivity (Wildman–Crippen MR) is 81.9 cm³/mol. The van der Waals surface area contributed by atoms with Gasteiger partial charge in [0.2, 0.25) is 11.8 Å². The lowest BCUT2D eigenvalue weighted by molar-refractivity contribution is -0.121. The number of para-hydroxylation sites is 1. The SMILES string of the molecule is CNC(=O)CNCC(=O)NCCc1c[nH]c2ccccc12. The van der Waals surface area contributed by atoms with E-state index < -0.39 is 0 Å². The molecule has 0 aliphatic heterocycles. The summed E-state index contributed by atoms with van der Waals surface area (Å²) in [6.45, 7) is 0.857.